The Morgan fingerprint density at radius 3 is 2.61 bits per heavy atom. The largest absolute Gasteiger partial charge is 0.382 e. The van der Waals surface area contributed by atoms with Crippen molar-refractivity contribution >= 4 is 17.6 Å². The molecule has 0 bridgehead atoms. The predicted molar refractivity (Wildman–Crippen MR) is 71.9 cm³/mol. The second-order valence-corrected chi connectivity index (χ2v) is 4.75. The summed E-state index contributed by atoms with van der Waals surface area (Å²) in [6.07, 6.45) is 0. The monoisotopic (exact) mass is 256 g/mol. The molecular formula is C13H12N4S. The Morgan fingerprint density at radius 2 is 2.00 bits per heavy atom. The number of aryl methyl sites for hydroxylation is 1. The fourth-order valence-corrected chi connectivity index (χ4v) is 2.30. The van der Waals surface area contributed by atoms with E-state index in [0.29, 0.717) is 22.8 Å². The van der Waals surface area contributed by atoms with Gasteiger partial charge in [-0.2, -0.15) is 5.26 Å². The van der Waals surface area contributed by atoms with Crippen LogP contribution >= 0.6 is 11.8 Å². The first-order valence-corrected chi connectivity index (χ1v) is 6.40. The van der Waals surface area contributed by atoms with Crippen molar-refractivity contribution in [2.24, 2.45) is 0 Å². The van der Waals surface area contributed by atoms with E-state index < -0.39 is 0 Å². The second kappa shape index (κ2) is 5.52. The van der Waals surface area contributed by atoms with Crippen molar-refractivity contribution in [2.75, 3.05) is 5.73 Å². The predicted octanol–water partition coefficient (Wildman–Crippen LogP) is 2.53. The summed E-state index contributed by atoms with van der Waals surface area (Å²) < 4.78 is 0. The van der Waals surface area contributed by atoms with Crippen molar-refractivity contribution in [3.05, 3.63) is 47.4 Å². The number of rotatable bonds is 3. The van der Waals surface area contributed by atoms with Crippen molar-refractivity contribution in [3.8, 4) is 6.07 Å². The van der Waals surface area contributed by atoms with Gasteiger partial charge < -0.3 is 5.73 Å². The molecule has 0 aliphatic carbocycles. The van der Waals surface area contributed by atoms with Gasteiger partial charge in [0.1, 0.15) is 23.3 Å². The van der Waals surface area contributed by atoms with Crippen LogP contribution in [0, 0.1) is 18.3 Å². The lowest BCUT2D eigenvalue weighted by molar-refractivity contribution is 0.994. The minimum Gasteiger partial charge on any atom is -0.382 e. The molecule has 1 heterocycles. The van der Waals surface area contributed by atoms with Crippen molar-refractivity contribution in [1.82, 2.24) is 9.97 Å². The fraction of sp³-hybridized carbons (Fsp3) is 0.154. The number of hydrogen-bond acceptors (Lipinski definition) is 5. The highest BCUT2D eigenvalue weighted by Crippen LogP contribution is 2.22. The van der Waals surface area contributed by atoms with Gasteiger partial charge in [0.2, 0.25) is 0 Å². The van der Waals surface area contributed by atoms with E-state index in [1.807, 2.05) is 36.4 Å². The molecule has 5 heteroatoms. The molecule has 90 valence electrons. The van der Waals surface area contributed by atoms with Gasteiger partial charge in [-0.1, -0.05) is 18.2 Å². The zero-order valence-corrected chi connectivity index (χ0v) is 10.7. The van der Waals surface area contributed by atoms with Crippen molar-refractivity contribution < 1.29 is 0 Å². The van der Waals surface area contributed by atoms with Gasteiger partial charge in [0, 0.05) is 4.90 Å². The third-order valence-corrected chi connectivity index (χ3v) is 3.40. The van der Waals surface area contributed by atoms with Gasteiger partial charge >= 0.3 is 0 Å². The standard InChI is InChI=1S/C13H12N4S/c1-9-11(7-14)13(15)17-12(16-9)8-18-10-5-3-2-4-6-10/h2-6H,8H2,1H3,(H2,15,16,17). The Hall–Kier alpha value is -2.06. The second-order valence-electron chi connectivity index (χ2n) is 3.70. The Labute approximate surface area is 110 Å². The van der Waals surface area contributed by atoms with Gasteiger partial charge in [0.05, 0.1) is 11.4 Å². The van der Waals surface area contributed by atoms with Crippen LogP contribution in [-0.4, -0.2) is 9.97 Å². The van der Waals surface area contributed by atoms with Crippen molar-refractivity contribution in [3.63, 3.8) is 0 Å². The van der Waals surface area contributed by atoms with E-state index in [-0.39, 0.29) is 5.82 Å². The minimum atomic E-state index is 0.258. The number of nitrogens with zero attached hydrogens (tertiary/aromatic N) is 3. The van der Waals surface area contributed by atoms with E-state index in [9.17, 15) is 0 Å². The molecule has 0 atom stereocenters. The Bertz CT molecular complexity index is 567. The van der Waals surface area contributed by atoms with Gasteiger partial charge in [-0.15, -0.1) is 11.8 Å². The van der Waals surface area contributed by atoms with Crippen LogP contribution in [0.2, 0.25) is 0 Å². The highest BCUT2D eigenvalue weighted by atomic mass is 32.2. The number of nitriles is 1. The zero-order valence-electron chi connectivity index (χ0n) is 9.92. The molecule has 0 unspecified atom stereocenters. The summed E-state index contributed by atoms with van der Waals surface area (Å²) in [4.78, 5) is 9.58. The summed E-state index contributed by atoms with van der Waals surface area (Å²) in [5.41, 5.74) is 6.72. The molecule has 0 saturated carbocycles. The maximum atomic E-state index is 8.88. The van der Waals surface area contributed by atoms with Gasteiger partial charge in [-0.3, -0.25) is 0 Å². The van der Waals surface area contributed by atoms with Crippen molar-refractivity contribution in [2.45, 2.75) is 17.6 Å². The zero-order chi connectivity index (χ0) is 13.0. The van der Waals surface area contributed by atoms with Crippen LogP contribution in [0.25, 0.3) is 0 Å². The van der Waals surface area contributed by atoms with Crippen LogP contribution < -0.4 is 5.73 Å². The average molecular weight is 256 g/mol. The first-order chi connectivity index (χ1) is 8.70. The molecule has 0 spiro atoms. The van der Waals surface area contributed by atoms with E-state index in [1.54, 1.807) is 18.7 Å². The lowest BCUT2D eigenvalue weighted by Gasteiger charge is -2.05. The third-order valence-electron chi connectivity index (χ3n) is 2.39. The summed E-state index contributed by atoms with van der Waals surface area (Å²) >= 11 is 1.64. The molecule has 0 aliphatic rings. The van der Waals surface area contributed by atoms with Crippen LogP contribution in [0.4, 0.5) is 5.82 Å². The number of thioether (sulfide) groups is 1. The topological polar surface area (TPSA) is 75.6 Å². The van der Waals surface area contributed by atoms with E-state index in [4.69, 9.17) is 11.0 Å². The van der Waals surface area contributed by atoms with Crippen LogP contribution in [0.3, 0.4) is 0 Å². The SMILES string of the molecule is Cc1nc(CSc2ccccc2)nc(N)c1C#N. The molecule has 1 aromatic heterocycles. The summed E-state index contributed by atoms with van der Waals surface area (Å²) in [6, 6.07) is 12.0. The number of hydrogen-bond donors (Lipinski definition) is 1. The molecule has 0 radical (unpaired) electrons. The van der Waals surface area contributed by atoms with Gasteiger partial charge in [-0.25, -0.2) is 9.97 Å². The van der Waals surface area contributed by atoms with Crippen LogP contribution in [0.5, 0.6) is 0 Å². The summed E-state index contributed by atoms with van der Waals surface area (Å²) in [6.45, 7) is 1.77. The molecule has 0 fully saturated rings. The molecule has 2 aromatic rings. The molecule has 1 aromatic carbocycles. The molecule has 0 aliphatic heterocycles. The number of anilines is 1. The highest BCUT2D eigenvalue weighted by Gasteiger charge is 2.08. The Balaban J connectivity index is 2.14. The molecule has 18 heavy (non-hydrogen) atoms. The lowest BCUT2D eigenvalue weighted by atomic mass is 10.2. The normalized spacial score (nSPS) is 10.0. The molecule has 0 saturated heterocycles. The maximum absolute atomic E-state index is 8.88. The summed E-state index contributed by atoms with van der Waals surface area (Å²) in [5.74, 6) is 1.55. The van der Waals surface area contributed by atoms with E-state index in [2.05, 4.69) is 9.97 Å². The number of benzene rings is 1. The Morgan fingerprint density at radius 1 is 1.28 bits per heavy atom. The van der Waals surface area contributed by atoms with Crippen molar-refractivity contribution in [1.29, 1.82) is 5.26 Å². The fourth-order valence-electron chi connectivity index (χ4n) is 1.52. The molecule has 4 nitrogen and oxygen atoms in total. The van der Waals surface area contributed by atoms with Crippen LogP contribution in [-0.2, 0) is 5.75 Å². The lowest BCUT2D eigenvalue weighted by Crippen LogP contribution is -2.04. The number of nitrogen functional groups attached to an aromatic ring is 1. The highest BCUT2D eigenvalue weighted by molar-refractivity contribution is 7.98. The van der Waals surface area contributed by atoms with Gasteiger partial charge in [-0.05, 0) is 19.1 Å². The Kier molecular flexibility index (Phi) is 3.80. The summed E-state index contributed by atoms with van der Waals surface area (Å²) in [7, 11) is 0. The van der Waals surface area contributed by atoms with Gasteiger partial charge in [0.15, 0.2) is 0 Å². The van der Waals surface area contributed by atoms with Gasteiger partial charge in [0.25, 0.3) is 0 Å². The van der Waals surface area contributed by atoms with E-state index in [1.165, 1.54) is 0 Å². The first-order valence-electron chi connectivity index (χ1n) is 5.41. The quantitative estimate of drug-likeness (QED) is 0.854. The molecule has 2 rings (SSSR count). The first kappa shape index (κ1) is 12.4. The number of aromatic nitrogens is 2. The molecular weight excluding hydrogens is 244 g/mol. The molecule has 0 amide bonds. The number of nitrogens with two attached hydrogens (primary N) is 1. The minimum absolute atomic E-state index is 0.258. The average Bonchev–Trinajstić information content (AvgIpc) is 2.37. The van der Waals surface area contributed by atoms with Crippen LogP contribution in [0.15, 0.2) is 35.2 Å². The maximum Gasteiger partial charge on any atom is 0.145 e. The molecule has 2 N–H and O–H groups in total. The van der Waals surface area contributed by atoms with E-state index >= 15 is 0 Å². The van der Waals surface area contributed by atoms with Crippen LogP contribution in [0.1, 0.15) is 17.1 Å². The summed E-state index contributed by atoms with van der Waals surface area (Å²) in [5, 5.41) is 8.88. The third kappa shape index (κ3) is 2.79. The van der Waals surface area contributed by atoms with E-state index in [0.717, 1.165) is 4.90 Å². The smallest absolute Gasteiger partial charge is 0.145 e.